The van der Waals surface area contributed by atoms with Crippen molar-refractivity contribution in [3.63, 3.8) is 0 Å². The van der Waals surface area contributed by atoms with Gasteiger partial charge in [-0.2, -0.15) is 0 Å². The molecule has 0 radical (unpaired) electrons. The molecule has 0 heterocycles. The van der Waals surface area contributed by atoms with Crippen LogP contribution >= 0.6 is 0 Å². The van der Waals surface area contributed by atoms with E-state index in [1.807, 2.05) is 45.0 Å². The number of aliphatic hydroxyl groups excluding tert-OH is 1. The fourth-order valence-corrected chi connectivity index (χ4v) is 1.83. The Labute approximate surface area is 110 Å². The molecule has 3 N–H and O–H groups in total. The van der Waals surface area contributed by atoms with Gasteiger partial charge in [-0.05, 0) is 37.5 Å². The number of hydrogen-bond donors (Lipinski definition) is 2. The van der Waals surface area contributed by atoms with Gasteiger partial charge in [-0.25, -0.2) is 0 Å². The number of hydrogen-bond acceptors (Lipinski definition) is 3. The first-order valence-corrected chi connectivity index (χ1v) is 6.66. The topological polar surface area (TPSA) is 55.5 Å². The summed E-state index contributed by atoms with van der Waals surface area (Å²) in [5, 5.41) is 10.1. The summed E-state index contributed by atoms with van der Waals surface area (Å²) in [6.07, 6.45) is 0.575. The molecule has 0 aromatic heterocycles. The normalized spacial score (nSPS) is 16.4. The predicted octanol–water partition coefficient (Wildman–Crippen LogP) is 2.88. The van der Waals surface area contributed by atoms with Gasteiger partial charge in [0.25, 0.3) is 0 Å². The van der Waals surface area contributed by atoms with E-state index in [9.17, 15) is 5.11 Å². The average Bonchev–Trinajstić information content (AvgIpc) is 2.36. The van der Waals surface area contributed by atoms with Gasteiger partial charge in [0.2, 0.25) is 0 Å². The van der Waals surface area contributed by atoms with Gasteiger partial charge in [-0.3, -0.25) is 0 Å². The Morgan fingerprint density at radius 2 is 1.72 bits per heavy atom. The molecule has 1 aromatic carbocycles. The van der Waals surface area contributed by atoms with Crippen molar-refractivity contribution in [2.24, 2.45) is 11.7 Å². The molecule has 102 valence electrons. The summed E-state index contributed by atoms with van der Waals surface area (Å²) in [6, 6.07) is 7.31. The minimum atomic E-state index is -0.508. The van der Waals surface area contributed by atoms with Crippen LogP contribution in [0.5, 0.6) is 5.75 Å². The number of nitrogens with two attached hydrogens (primary N) is 1. The Hall–Kier alpha value is -1.06. The molecule has 18 heavy (non-hydrogen) atoms. The molecular formula is C15H25NO2. The molecule has 3 heteroatoms. The molecule has 3 atom stereocenters. The smallest absolute Gasteiger partial charge is 0.119 e. The van der Waals surface area contributed by atoms with Crippen LogP contribution in [0.15, 0.2) is 24.3 Å². The van der Waals surface area contributed by atoms with Gasteiger partial charge in [0.15, 0.2) is 0 Å². The molecule has 0 spiro atoms. The highest BCUT2D eigenvalue weighted by Crippen LogP contribution is 2.23. The van der Waals surface area contributed by atoms with Crippen LogP contribution in [0.2, 0.25) is 0 Å². The van der Waals surface area contributed by atoms with Gasteiger partial charge in [0, 0.05) is 0 Å². The van der Waals surface area contributed by atoms with Gasteiger partial charge in [-0.1, -0.05) is 32.4 Å². The average molecular weight is 251 g/mol. The van der Waals surface area contributed by atoms with Crippen molar-refractivity contribution < 1.29 is 9.84 Å². The van der Waals surface area contributed by atoms with Crippen molar-refractivity contribution in [3.8, 4) is 5.75 Å². The summed E-state index contributed by atoms with van der Waals surface area (Å²) in [5.41, 5.74) is 7.02. The maximum Gasteiger partial charge on any atom is 0.119 e. The molecule has 1 unspecified atom stereocenters. The second kappa shape index (κ2) is 6.76. The molecule has 0 saturated heterocycles. The lowest BCUT2D eigenvalue weighted by atomic mass is 9.91. The molecule has 0 aliphatic heterocycles. The van der Waals surface area contributed by atoms with Crippen LogP contribution < -0.4 is 10.5 Å². The Balaban J connectivity index is 2.72. The highest BCUT2D eigenvalue weighted by atomic mass is 16.5. The minimum Gasteiger partial charge on any atom is -0.491 e. The van der Waals surface area contributed by atoms with Crippen molar-refractivity contribution in [3.05, 3.63) is 29.8 Å². The standard InChI is InChI=1S/C15H25NO2/c1-5-11(4)15(17)14(16)12-6-8-13(9-7-12)18-10(2)3/h6-11,14-15,17H,5,16H2,1-4H3/t11?,14-,15+/m0/s1. The van der Waals surface area contributed by atoms with Crippen molar-refractivity contribution in [1.82, 2.24) is 0 Å². The first-order chi connectivity index (χ1) is 8.45. The minimum absolute atomic E-state index is 0.162. The molecule has 3 nitrogen and oxygen atoms in total. The van der Waals surface area contributed by atoms with Crippen LogP contribution in [0.1, 0.15) is 45.7 Å². The highest BCUT2D eigenvalue weighted by molar-refractivity contribution is 5.29. The molecule has 0 amide bonds. The van der Waals surface area contributed by atoms with Crippen molar-refractivity contribution in [1.29, 1.82) is 0 Å². The van der Waals surface area contributed by atoms with E-state index in [1.54, 1.807) is 0 Å². The Morgan fingerprint density at radius 1 is 1.17 bits per heavy atom. The molecule has 0 fully saturated rings. The SMILES string of the molecule is CCC(C)[C@@H](O)[C@@H](N)c1ccc(OC(C)C)cc1. The molecule has 0 bridgehead atoms. The molecular weight excluding hydrogens is 226 g/mol. The third-order valence-corrected chi connectivity index (χ3v) is 3.23. The third kappa shape index (κ3) is 4.00. The van der Waals surface area contributed by atoms with E-state index in [0.29, 0.717) is 0 Å². The zero-order valence-corrected chi connectivity index (χ0v) is 11.8. The lowest BCUT2D eigenvalue weighted by Gasteiger charge is -2.24. The Bertz CT molecular complexity index is 348. The van der Waals surface area contributed by atoms with Gasteiger partial charge in [0.1, 0.15) is 5.75 Å². The van der Waals surface area contributed by atoms with Crippen molar-refractivity contribution in [2.45, 2.75) is 52.4 Å². The summed E-state index contributed by atoms with van der Waals surface area (Å²) in [6.45, 7) is 8.06. The first kappa shape index (κ1) is 15.0. The van der Waals surface area contributed by atoms with E-state index >= 15 is 0 Å². The van der Waals surface area contributed by atoms with Crippen LogP contribution in [0, 0.1) is 5.92 Å². The number of ether oxygens (including phenoxy) is 1. The van der Waals surface area contributed by atoms with E-state index < -0.39 is 6.10 Å². The summed E-state index contributed by atoms with van der Waals surface area (Å²) in [7, 11) is 0. The first-order valence-electron chi connectivity index (χ1n) is 6.66. The zero-order valence-electron chi connectivity index (χ0n) is 11.8. The number of benzene rings is 1. The van der Waals surface area contributed by atoms with E-state index in [2.05, 4.69) is 6.92 Å². The van der Waals surface area contributed by atoms with Gasteiger partial charge in [0.05, 0.1) is 18.2 Å². The van der Waals surface area contributed by atoms with Gasteiger partial charge < -0.3 is 15.6 Å². The molecule has 0 aliphatic carbocycles. The Kier molecular flexibility index (Phi) is 5.63. The van der Waals surface area contributed by atoms with E-state index in [1.165, 1.54) is 0 Å². The second-order valence-corrected chi connectivity index (χ2v) is 5.14. The zero-order chi connectivity index (χ0) is 13.7. The van der Waals surface area contributed by atoms with Crippen LogP contribution in [-0.2, 0) is 0 Å². The van der Waals surface area contributed by atoms with E-state index in [0.717, 1.165) is 17.7 Å². The van der Waals surface area contributed by atoms with Gasteiger partial charge >= 0.3 is 0 Å². The molecule has 1 rings (SSSR count). The fraction of sp³-hybridized carbons (Fsp3) is 0.600. The second-order valence-electron chi connectivity index (χ2n) is 5.14. The van der Waals surface area contributed by atoms with Crippen LogP contribution in [-0.4, -0.2) is 17.3 Å². The van der Waals surface area contributed by atoms with Crippen molar-refractivity contribution >= 4 is 0 Å². The monoisotopic (exact) mass is 251 g/mol. The fourth-order valence-electron chi connectivity index (χ4n) is 1.83. The lowest BCUT2D eigenvalue weighted by molar-refractivity contribution is 0.0879. The summed E-state index contributed by atoms with van der Waals surface area (Å²) in [5.74, 6) is 1.03. The molecule has 1 aromatic rings. The largest absolute Gasteiger partial charge is 0.491 e. The third-order valence-electron chi connectivity index (χ3n) is 3.23. The number of rotatable bonds is 6. The van der Waals surface area contributed by atoms with Crippen molar-refractivity contribution in [2.75, 3.05) is 0 Å². The molecule has 0 saturated carbocycles. The highest BCUT2D eigenvalue weighted by Gasteiger charge is 2.21. The maximum atomic E-state index is 10.1. The summed E-state index contributed by atoms with van der Waals surface area (Å²) >= 11 is 0. The summed E-state index contributed by atoms with van der Waals surface area (Å²) in [4.78, 5) is 0. The van der Waals surface area contributed by atoms with E-state index in [4.69, 9.17) is 10.5 Å². The predicted molar refractivity (Wildman–Crippen MR) is 74.6 cm³/mol. The maximum absolute atomic E-state index is 10.1. The van der Waals surface area contributed by atoms with Crippen LogP contribution in [0.25, 0.3) is 0 Å². The lowest BCUT2D eigenvalue weighted by Crippen LogP contribution is -2.31. The number of aliphatic hydroxyl groups is 1. The van der Waals surface area contributed by atoms with E-state index in [-0.39, 0.29) is 18.1 Å². The summed E-state index contributed by atoms with van der Waals surface area (Å²) < 4.78 is 5.57. The quantitative estimate of drug-likeness (QED) is 0.817. The van der Waals surface area contributed by atoms with Gasteiger partial charge in [-0.15, -0.1) is 0 Å². The van der Waals surface area contributed by atoms with Crippen LogP contribution in [0.4, 0.5) is 0 Å². The Morgan fingerprint density at radius 3 is 2.17 bits per heavy atom. The van der Waals surface area contributed by atoms with Crippen LogP contribution in [0.3, 0.4) is 0 Å². The molecule has 0 aliphatic rings.